The lowest BCUT2D eigenvalue weighted by Crippen LogP contribution is -2.43. The zero-order valence-electron chi connectivity index (χ0n) is 14.7. The van der Waals surface area contributed by atoms with Crippen molar-refractivity contribution in [3.05, 3.63) is 66.5 Å². The Morgan fingerprint density at radius 3 is 2.30 bits per heavy atom. The fraction of sp³-hybridized carbons (Fsp3) is 0.200. The molecule has 2 N–H and O–H groups in total. The Morgan fingerprint density at radius 1 is 0.889 bits per heavy atom. The number of nitrogens with zero attached hydrogens (tertiary/aromatic N) is 1. The first-order valence-electron chi connectivity index (χ1n) is 8.81. The van der Waals surface area contributed by atoms with Gasteiger partial charge in [-0.15, -0.1) is 0 Å². The van der Waals surface area contributed by atoms with Gasteiger partial charge in [-0.2, -0.15) is 0 Å². The van der Waals surface area contributed by atoms with Crippen molar-refractivity contribution in [2.24, 2.45) is 0 Å². The molecule has 3 aromatic rings. The van der Waals surface area contributed by atoms with Gasteiger partial charge in [0.15, 0.2) is 0 Å². The highest BCUT2D eigenvalue weighted by molar-refractivity contribution is 7.93. The molecule has 0 amide bonds. The SMILES string of the molecule is O=S(=O)(Nc1ccccc1F)c1ccc(N2CCNCC2)c2ccccc12. The molecule has 1 aliphatic heterocycles. The summed E-state index contributed by atoms with van der Waals surface area (Å²) in [5.74, 6) is -0.609. The van der Waals surface area contributed by atoms with Gasteiger partial charge in [0, 0.05) is 42.6 Å². The lowest BCUT2D eigenvalue weighted by molar-refractivity contribution is 0.590. The quantitative estimate of drug-likeness (QED) is 0.724. The molecule has 140 valence electrons. The van der Waals surface area contributed by atoms with E-state index in [4.69, 9.17) is 0 Å². The van der Waals surface area contributed by atoms with Gasteiger partial charge in [-0.25, -0.2) is 12.8 Å². The predicted octanol–water partition coefficient (Wildman–Crippen LogP) is 3.19. The molecule has 0 saturated carbocycles. The molecule has 4 rings (SSSR count). The molecule has 0 aliphatic carbocycles. The fourth-order valence-electron chi connectivity index (χ4n) is 3.42. The normalized spacial score (nSPS) is 15.1. The third kappa shape index (κ3) is 3.48. The lowest BCUT2D eigenvalue weighted by Gasteiger charge is -2.30. The molecular formula is C20H20FN3O2S. The number of fused-ring (bicyclic) bond motifs is 1. The maximum atomic E-state index is 13.9. The van der Waals surface area contributed by atoms with Crippen molar-refractivity contribution in [2.45, 2.75) is 4.90 Å². The molecule has 5 nitrogen and oxygen atoms in total. The van der Waals surface area contributed by atoms with Gasteiger partial charge >= 0.3 is 0 Å². The predicted molar refractivity (Wildman–Crippen MR) is 106 cm³/mol. The molecule has 0 bridgehead atoms. The van der Waals surface area contributed by atoms with E-state index in [1.54, 1.807) is 18.2 Å². The second-order valence-electron chi connectivity index (χ2n) is 6.45. The maximum absolute atomic E-state index is 13.9. The van der Waals surface area contributed by atoms with Crippen LogP contribution in [0.4, 0.5) is 15.8 Å². The number of benzene rings is 3. The van der Waals surface area contributed by atoms with Gasteiger partial charge in [-0.05, 0) is 24.3 Å². The number of rotatable bonds is 4. The van der Waals surface area contributed by atoms with Crippen molar-refractivity contribution in [3.63, 3.8) is 0 Å². The monoisotopic (exact) mass is 385 g/mol. The number of nitrogens with one attached hydrogen (secondary N) is 2. The third-order valence-electron chi connectivity index (χ3n) is 4.73. The maximum Gasteiger partial charge on any atom is 0.262 e. The average Bonchev–Trinajstić information content (AvgIpc) is 2.69. The van der Waals surface area contributed by atoms with Gasteiger partial charge in [0.2, 0.25) is 0 Å². The topological polar surface area (TPSA) is 61.4 Å². The Balaban J connectivity index is 1.79. The van der Waals surface area contributed by atoms with Crippen LogP contribution < -0.4 is 14.9 Å². The molecule has 1 aliphatic rings. The van der Waals surface area contributed by atoms with Crippen molar-refractivity contribution in [1.29, 1.82) is 0 Å². The number of sulfonamides is 1. The molecule has 0 spiro atoms. The van der Waals surface area contributed by atoms with Crippen LogP contribution in [0.1, 0.15) is 0 Å². The molecule has 0 aromatic heterocycles. The minimum absolute atomic E-state index is 0.0623. The highest BCUT2D eigenvalue weighted by Gasteiger charge is 2.22. The van der Waals surface area contributed by atoms with E-state index in [0.29, 0.717) is 5.39 Å². The van der Waals surface area contributed by atoms with Crippen LogP contribution in [0.2, 0.25) is 0 Å². The van der Waals surface area contributed by atoms with E-state index in [1.807, 2.05) is 24.3 Å². The molecule has 27 heavy (non-hydrogen) atoms. The Bertz CT molecular complexity index is 1080. The van der Waals surface area contributed by atoms with E-state index in [1.165, 1.54) is 18.2 Å². The number of hydrogen-bond acceptors (Lipinski definition) is 4. The highest BCUT2D eigenvalue weighted by atomic mass is 32.2. The van der Waals surface area contributed by atoms with Crippen LogP contribution >= 0.6 is 0 Å². The van der Waals surface area contributed by atoms with E-state index in [0.717, 1.165) is 37.3 Å². The summed E-state index contributed by atoms with van der Waals surface area (Å²) in [5.41, 5.74) is 0.949. The summed E-state index contributed by atoms with van der Waals surface area (Å²) in [6.45, 7) is 3.51. The van der Waals surface area contributed by atoms with Gasteiger partial charge in [-0.3, -0.25) is 4.72 Å². The molecule has 0 atom stereocenters. The van der Waals surface area contributed by atoms with Crippen LogP contribution in [0.5, 0.6) is 0 Å². The third-order valence-corrected chi connectivity index (χ3v) is 6.15. The lowest BCUT2D eigenvalue weighted by atomic mass is 10.1. The fourth-order valence-corrected chi connectivity index (χ4v) is 4.69. The minimum Gasteiger partial charge on any atom is -0.368 e. The molecule has 1 heterocycles. The average molecular weight is 385 g/mol. The molecular weight excluding hydrogens is 365 g/mol. The van der Waals surface area contributed by atoms with Gasteiger partial charge in [0.05, 0.1) is 10.6 Å². The number of para-hydroxylation sites is 1. The van der Waals surface area contributed by atoms with Crippen LogP contribution in [-0.4, -0.2) is 34.6 Å². The summed E-state index contributed by atoms with van der Waals surface area (Å²) >= 11 is 0. The second-order valence-corrected chi connectivity index (χ2v) is 8.10. The molecule has 1 saturated heterocycles. The van der Waals surface area contributed by atoms with E-state index in [9.17, 15) is 12.8 Å². The van der Waals surface area contributed by atoms with Crippen molar-refractivity contribution in [1.82, 2.24) is 5.32 Å². The van der Waals surface area contributed by atoms with Gasteiger partial charge in [0.1, 0.15) is 5.82 Å². The van der Waals surface area contributed by atoms with Gasteiger partial charge < -0.3 is 10.2 Å². The molecule has 1 fully saturated rings. The summed E-state index contributed by atoms with van der Waals surface area (Å²) < 4.78 is 42.2. The van der Waals surface area contributed by atoms with Crippen molar-refractivity contribution >= 4 is 32.2 Å². The Hall–Kier alpha value is -2.64. The number of piperazine rings is 1. The molecule has 7 heteroatoms. The smallest absolute Gasteiger partial charge is 0.262 e. The number of hydrogen-bond donors (Lipinski definition) is 2. The zero-order valence-corrected chi connectivity index (χ0v) is 15.5. The Kier molecular flexibility index (Phi) is 4.72. The summed E-state index contributed by atoms with van der Waals surface area (Å²) in [7, 11) is -3.93. The van der Waals surface area contributed by atoms with E-state index < -0.39 is 15.8 Å². The van der Waals surface area contributed by atoms with E-state index in [2.05, 4.69) is 14.9 Å². The highest BCUT2D eigenvalue weighted by Crippen LogP contribution is 2.33. The number of halogens is 1. The second kappa shape index (κ2) is 7.17. The van der Waals surface area contributed by atoms with Crippen molar-refractivity contribution in [3.8, 4) is 0 Å². The molecule has 0 radical (unpaired) electrons. The Labute approximate surface area is 157 Å². The van der Waals surface area contributed by atoms with Crippen LogP contribution in [-0.2, 0) is 10.0 Å². The summed E-state index contributed by atoms with van der Waals surface area (Å²) in [6.07, 6.45) is 0. The molecule has 0 unspecified atom stereocenters. The first kappa shape index (κ1) is 17.8. The summed E-state index contributed by atoms with van der Waals surface area (Å²) in [4.78, 5) is 2.39. The largest absolute Gasteiger partial charge is 0.368 e. The van der Waals surface area contributed by atoms with Crippen LogP contribution in [0.25, 0.3) is 10.8 Å². The van der Waals surface area contributed by atoms with Crippen LogP contribution in [0.3, 0.4) is 0 Å². The molecule has 3 aromatic carbocycles. The summed E-state index contributed by atoms with van der Waals surface area (Å²) in [6, 6.07) is 16.6. The van der Waals surface area contributed by atoms with Gasteiger partial charge in [0.25, 0.3) is 10.0 Å². The minimum atomic E-state index is -3.93. The number of anilines is 2. The van der Waals surface area contributed by atoms with Crippen molar-refractivity contribution < 1.29 is 12.8 Å². The standard InChI is InChI=1S/C20H20FN3O2S/c21-17-7-3-4-8-18(17)23-27(25,26)20-10-9-19(24-13-11-22-12-14-24)15-5-1-2-6-16(15)20/h1-10,22-23H,11-14H2. The van der Waals surface area contributed by atoms with E-state index >= 15 is 0 Å². The van der Waals surface area contributed by atoms with Gasteiger partial charge in [-0.1, -0.05) is 36.4 Å². The van der Waals surface area contributed by atoms with Crippen molar-refractivity contribution in [2.75, 3.05) is 35.8 Å². The first-order chi connectivity index (χ1) is 13.1. The summed E-state index contributed by atoms with van der Waals surface area (Å²) in [5, 5.41) is 4.81. The van der Waals surface area contributed by atoms with Crippen LogP contribution in [0.15, 0.2) is 65.6 Å². The van der Waals surface area contributed by atoms with E-state index in [-0.39, 0.29) is 10.6 Å². The zero-order chi connectivity index (χ0) is 18.9. The Morgan fingerprint density at radius 2 is 1.56 bits per heavy atom. The van der Waals surface area contributed by atoms with Crippen LogP contribution in [0, 0.1) is 5.82 Å². The first-order valence-corrected chi connectivity index (χ1v) is 10.3.